The van der Waals surface area contributed by atoms with Crippen LogP contribution in [0.3, 0.4) is 0 Å². The van der Waals surface area contributed by atoms with E-state index in [4.69, 9.17) is 4.42 Å². The van der Waals surface area contributed by atoms with Crippen LogP contribution in [-0.2, 0) is 0 Å². The van der Waals surface area contributed by atoms with E-state index in [2.05, 4.69) is 17.1 Å². The Morgan fingerprint density at radius 3 is 3.06 bits per heavy atom. The summed E-state index contributed by atoms with van der Waals surface area (Å²) < 4.78 is 5.41. The SMILES string of the molecule is CC(NCC1CCN(C2CC2)C1)c1ccco1. The van der Waals surface area contributed by atoms with Gasteiger partial charge < -0.3 is 14.6 Å². The van der Waals surface area contributed by atoms with E-state index in [1.165, 1.54) is 32.4 Å². The van der Waals surface area contributed by atoms with E-state index in [0.717, 1.165) is 24.3 Å². The molecule has 3 heteroatoms. The second-order valence-electron chi connectivity index (χ2n) is 5.53. The first kappa shape index (κ1) is 11.3. The Morgan fingerprint density at radius 2 is 2.35 bits per heavy atom. The zero-order valence-corrected chi connectivity index (χ0v) is 10.6. The fourth-order valence-electron chi connectivity index (χ4n) is 2.78. The Bertz CT molecular complexity index is 345. The van der Waals surface area contributed by atoms with Crippen LogP contribution in [-0.4, -0.2) is 30.6 Å². The molecule has 94 valence electrons. The molecule has 0 amide bonds. The van der Waals surface area contributed by atoms with Crippen molar-refractivity contribution in [3.8, 4) is 0 Å². The van der Waals surface area contributed by atoms with Crippen LogP contribution >= 0.6 is 0 Å². The van der Waals surface area contributed by atoms with Crippen molar-refractivity contribution in [1.82, 2.24) is 10.2 Å². The van der Waals surface area contributed by atoms with E-state index in [9.17, 15) is 0 Å². The first-order chi connectivity index (χ1) is 8.33. The molecule has 1 aliphatic carbocycles. The zero-order valence-electron chi connectivity index (χ0n) is 10.6. The summed E-state index contributed by atoms with van der Waals surface area (Å²) in [6, 6.07) is 5.27. The summed E-state index contributed by atoms with van der Waals surface area (Å²) >= 11 is 0. The standard InChI is InChI=1S/C14H22N2O/c1-11(14-3-2-8-17-14)15-9-12-6-7-16(10-12)13-4-5-13/h2-3,8,11-13,15H,4-7,9-10H2,1H3. The molecule has 1 aliphatic heterocycles. The van der Waals surface area contributed by atoms with Gasteiger partial charge in [0.2, 0.25) is 0 Å². The highest BCUT2D eigenvalue weighted by Crippen LogP contribution is 2.31. The molecule has 2 heterocycles. The summed E-state index contributed by atoms with van der Waals surface area (Å²) in [5, 5.41) is 3.59. The summed E-state index contributed by atoms with van der Waals surface area (Å²) in [4.78, 5) is 2.67. The van der Waals surface area contributed by atoms with E-state index in [-0.39, 0.29) is 0 Å². The van der Waals surface area contributed by atoms with Crippen LogP contribution in [0.15, 0.2) is 22.8 Å². The highest BCUT2D eigenvalue weighted by Gasteiger charge is 2.34. The smallest absolute Gasteiger partial charge is 0.120 e. The van der Waals surface area contributed by atoms with Gasteiger partial charge in [0, 0.05) is 12.6 Å². The monoisotopic (exact) mass is 234 g/mol. The molecule has 0 bridgehead atoms. The van der Waals surface area contributed by atoms with Gasteiger partial charge in [0.15, 0.2) is 0 Å². The van der Waals surface area contributed by atoms with E-state index >= 15 is 0 Å². The fourth-order valence-corrected chi connectivity index (χ4v) is 2.78. The maximum Gasteiger partial charge on any atom is 0.120 e. The number of hydrogen-bond donors (Lipinski definition) is 1. The van der Waals surface area contributed by atoms with Gasteiger partial charge in [-0.1, -0.05) is 0 Å². The number of hydrogen-bond acceptors (Lipinski definition) is 3. The van der Waals surface area contributed by atoms with Crippen LogP contribution in [0.2, 0.25) is 0 Å². The molecule has 3 nitrogen and oxygen atoms in total. The molecule has 2 aliphatic rings. The lowest BCUT2D eigenvalue weighted by atomic mass is 10.1. The van der Waals surface area contributed by atoms with Crippen LogP contribution < -0.4 is 5.32 Å². The molecule has 1 aromatic heterocycles. The molecular formula is C14H22N2O. The highest BCUT2D eigenvalue weighted by atomic mass is 16.3. The average Bonchev–Trinajstić information content (AvgIpc) is 2.88. The average molecular weight is 234 g/mol. The van der Waals surface area contributed by atoms with Crippen LogP contribution in [0.25, 0.3) is 0 Å². The molecule has 0 radical (unpaired) electrons. The van der Waals surface area contributed by atoms with E-state index in [1.54, 1.807) is 6.26 Å². The molecule has 3 rings (SSSR count). The minimum absolute atomic E-state index is 0.333. The zero-order chi connectivity index (χ0) is 11.7. The minimum atomic E-state index is 0.333. The van der Waals surface area contributed by atoms with E-state index in [1.807, 2.05) is 12.1 Å². The maximum atomic E-state index is 5.41. The number of nitrogens with one attached hydrogen (secondary N) is 1. The van der Waals surface area contributed by atoms with Gasteiger partial charge in [-0.3, -0.25) is 0 Å². The lowest BCUT2D eigenvalue weighted by molar-refractivity contribution is 0.308. The molecule has 1 N–H and O–H groups in total. The predicted molar refractivity (Wildman–Crippen MR) is 67.8 cm³/mol. The first-order valence-electron chi connectivity index (χ1n) is 6.84. The summed E-state index contributed by atoms with van der Waals surface area (Å²) in [6.07, 6.45) is 5.97. The van der Waals surface area contributed by atoms with Crippen LogP contribution in [0.5, 0.6) is 0 Å². The fraction of sp³-hybridized carbons (Fsp3) is 0.714. The summed E-state index contributed by atoms with van der Waals surface area (Å²) in [5.74, 6) is 1.87. The van der Waals surface area contributed by atoms with Gasteiger partial charge in [-0.2, -0.15) is 0 Å². The van der Waals surface area contributed by atoms with Gasteiger partial charge in [0.25, 0.3) is 0 Å². The third-order valence-electron chi connectivity index (χ3n) is 4.06. The lowest BCUT2D eigenvalue weighted by Crippen LogP contribution is -2.29. The molecule has 0 aromatic carbocycles. The van der Waals surface area contributed by atoms with Crippen molar-refractivity contribution in [2.75, 3.05) is 19.6 Å². The third kappa shape index (κ3) is 2.72. The Morgan fingerprint density at radius 1 is 1.47 bits per heavy atom. The molecule has 1 saturated heterocycles. The topological polar surface area (TPSA) is 28.4 Å². The van der Waals surface area contributed by atoms with Gasteiger partial charge in [0.05, 0.1) is 12.3 Å². The largest absolute Gasteiger partial charge is 0.468 e. The van der Waals surface area contributed by atoms with Crippen molar-refractivity contribution >= 4 is 0 Å². The number of likely N-dealkylation sites (tertiary alicyclic amines) is 1. The normalized spacial score (nSPS) is 27.5. The Hall–Kier alpha value is -0.800. The van der Waals surface area contributed by atoms with Crippen molar-refractivity contribution in [1.29, 1.82) is 0 Å². The quantitative estimate of drug-likeness (QED) is 0.848. The van der Waals surface area contributed by atoms with Gasteiger partial charge in [-0.05, 0) is 57.3 Å². The number of nitrogens with zero attached hydrogens (tertiary/aromatic N) is 1. The molecule has 17 heavy (non-hydrogen) atoms. The van der Waals surface area contributed by atoms with E-state index in [0.29, 0.717) is 6.04 Å². The molecule has 1 aromatic rings. The molecule has 2 fully saturated rings. The minimum Gasteiger partial charge on any atom is -0.468 e. The Labute approximate surface area is 103 Å². The lowest BCUT2D eigenvalue weighted by Gasteiger charge is -2.17. The second-order valence-corrected chi connectivity index (χ2v) is 5.53. The van der Waals surface area contributed by atoms with Crippen molar-refractivity contribution in [2.45, 2.75) is 38.3 Å². The maximum absolute atomic E-state index is 5.41. The van der Waals surface area contributed by atoms with Crippen molar-refractivity contribution < 1.29 is 4.42 Å². The molecular weight excluding hydrogens is 212 g/mol. The second kappa shape index (κ2) is 4.83. The number of rotatable bonds is 5. The predicted octanol–water partition coefficient (Wildman–Crippen LogP) is 2.41. The number of furan rings is 1. The van der Waals surface area contributed by atoms with E-state index < -0.39 is 0 Å². The molecule has 1 saturated carbocycles. The van der Waals surface area contributed by atoms with Gasteiger partial charge in [0.1, 0.15) is 5.76 Å². The molecule has 2 atom stereocenters. The highest BCUT2D eigenvalue weighted by molar-refractivity contribution is 5.03. The van der Waals surface area contributed by atoms with Gasteiger partial charge in [-0.15, -0.1) is 0 Å². The van der Waals surface area contributed by atoms with Gasteiger partial charge >= 0.3 is 0 Å². The third-order valence-corrected chi connectivity index (χ3v) is 4.06. The van der Waals surface area contributed by atoms with Crippen LogP contribution in [0, 0.1) is 5.92 Å². The first-order valence-corrected chi connectivity index (χ1v) is 6.84. The molecule has 2 unspecified atom stereocenters. The Kier molecular flexibility index (Phi) is 3.21. The summed E-state index contributed by atoms with van der Waals surface area (Å²) in [5.41, 5.74) is 0. The van der Waals surface area contributed by atoms with Gasteiger partial charge in [-0.25, -0.2) is 0 Å². The van der Waals surface area contributed by atoms with Crippen molar-refractivity contribution in [2.24, 2.45) is 5.92 Å². The van der Waals surface area contributed by atoms with Crippen LogP contribution in [0.1, 0.15) is 38.0 Å². The summed E-state index contributed by atoms with van der Waals surface area (Å²) in [7, 11) is 0. The molecule has 0 spiro atoms. The summed E-state index contributed by atoms with van der Waals surface area (Å²) in [6.45, 7) is 5.90. The Balaban J connectivity index is 1.42. The van der Waals surface area contributed by atoms with Crippen LogP contribution in [0.4, 0.5) is 0 Å². The van der Waals surface area contributed by atoms with Crippen molar-refractivity contribution in [3.05, 3.63) is 24.2 Å². The van der Waals surface area contributed by atoms with Crippen molar-refractivity contribution in [3.63, 3.8) is 0 Å².